The van der Waals surface area contributed by atoms with Gasteiger partial charge >= 0.3 is 0 Å². The van der Waals surface area contributed by atoms with E-state index >= 15 is 0 Å². The van der Waals surface area contributed by atoms with Crippen LogP contribution in [0.2, 0.25) is 0 Å². The lowest BCUT2D eigenvalue weighted by Crippen LogP contribution is -2.51. The average Bonchev–Trinajstić information content (AvgIpc) is 2.27. The molecule has 1 aromatic carbocycles. The number of piperazine rings is 1. The van der Waals surface area contributed by atoms with E-state index in [1.807, 2.05) is 6.07 Å². The van der Waals surface area contributed by atoms with Gasteiger partial charge in [0.15, 0.2) is 0 Å². The summed E-state index contributed by atoms with van der Waals surface area (Å²) in [5, 5.41) is 2.25. The fourth-order valence-corrected chi connectivity index (χ4v) is 2.31. The van der Waals surface area contributed by atoms with Gasteiger partial charge in [0.1, 0.15) is 4.99 Å². The molecule has 0 spiro atoms. The number of anilines is 1. The molecular formula is C11H10BrN3O2S. The van der Waals surface area contributed by atoms with Gasteiger partial charge in [-0.2, -0.15) is 0 Å². The number of amides is 2. The Hall–Kier alpha value is -1.47. The molecule has 2 amide bonds. The number of nitrogens with two attached hydrogens (primary N) is 1. The molecule has 1 aliphatic heterocycles. The molecule has 0 aliphatic carbocycles. The standard InChI is InChI=1S/C11H10BrN3O2S/c12-6-1-2-8(7(3-6)11(13)18)15-4-9(16)14-10(17)5-15/h1-3H,4-5H2,(H2,13,18)(H,14,16,17). The van der Waals surface area contributed by atoms with Crippen LogP contribution in [-0.2, 0) is 9.59 Å². The van der Waals surface area contributed by atoms with Gasteiger partial charge in [-0.05, 0) is 18.2 Å². The van der Waals surface area contributed by atoms with Gasteiger partial charge in [-0.3, -0.25) is 14.9 Å². The summed E-state index contributed by atoms with van der Waals surface area (Å²) in [6, 6.07) is 5.37. The summed E-state index contributed by atoms with van der Waals surface area (Å²) in [4.78, 5) is 24.6. The highest BCUT2D eigenvalue weighted by molar-refractivity contribution is 9.10. The Bertz CT molecular complexity index is 531. The van der Waals surface area contributed by atoms with E-state index in [1.165, 1.54) is 0 Å². The first-order valence-electron chi connectivity index (χ1n) is 5.14. The molecule has 1 aromatic rings. The summed E-state index contributed by atoms with van der Waals surface area (Å²) in [7, 11) is 0. The Labute approximate surface area is 117 Å². The highest BCUT2D eigenvalue weighted by Gasteiger charge is 2.24. The predicted octanol–water partition coefficient (Wildman–Crippen LogP) is 0.546. The Morgan fingerprint density at radius 2 is 1.94 bits per heavy atom. The van der Waals surface area contributed by atoms with Gasteiger partial charge in [-0.25, -0.2) is 0 Å². The lowest BCUT2D eigenvalue weighted by atomic mass is 10.1. The van der Waals surface area contributed by atoms with Crippen molar-refractivity contribution in [1.82, 2.24) is 5.32 Å². The van der Waals surface area contributed by atoms with Crippen molar-refractivity contribution in [3.8, 4) is 0 Å². The second-order valence-electron chi connectivity index (χ2n) is 3.85. The normalized spacial score (nSPS) is 15.5. The third kappa shape index (κ3) is 2.68. The van der Waals surface area contributed by atoms with Crippen molar-refractivity contribution < 1.29 is 9.59 Å². The number of halogens is 1. The molecule has 0 saturated carbocycles. The smallest absolute Gasteiger partial charge is 0.246 e. The number of imide groups is 1. The van der Waals surface area contributed by atoms with Crippen LogP contribution in [0.15, 0.2) is 22.7 Å². The Kier molecular flexibility index (Phi) is 3.63. The first-order valence-corrected chi connectivity index (χ1v) is 6.34. The van der Waals surface area contributed by atoms with E-state index in [0.717, 1.165) is 4.47 Å². The summed E-state index contributed by atoms with van der Waals surface area (Å²) in [6.07, 6.45) is 0. The van der Waals surface area contributed by atoms with E-state index in [2.05, 4.69) is 21.2 Å². The molecular weight excluding hydrogens is 318 g/mol. The number of thiocarbonyl (C=S) groups is 1. The zero-order valence-corrected chi connectivity index (χ0v) is 11.7. The fourth-order valence-electron chi connectivity index (χ4n) is 1.79. The molecule has 1 saturated heterocycles. The number of rotatable bonds is 2. The molecule has 5 nitrogen and oxygen atoms in total. The quantitative estimate of drug-likeness (QED) is 0.612. The molecule has 0 atom stereocenters. The molecule has 0 radical (unpaired) electrons. The Balaban J connectivity index is 2.41. The number of carbonyl (C=O) groups is 2. The number of benzene rings is 1. The second-order valence-corrected chi connectivity index (χ2v) is 5.21. The van der Waals surface area contributed by atoms with Crippen LogP contribution in [0, 0.1) is 0 Å². The van der Waals surface area contributed by atoms with Crippen LogP contribution in [0.3, 0.4) is 0 Å². The maximum Gasteiger partial charge on any atom is 0.246 e. The van der Waals surface area contributed by atoms with Crippen molar-refractivity contribution in [2.75, 3.05) is 18.0 Å². The number of nitrogens with one attached hydrogen (secondary N) is 1. The van der Waals surface area contributed by atoms with Crippen LogP contribution in [0.4, 0.5) is 5.69 Å². The summed E-state index contributed by atoms with van der Waals surface area (Å²) < 4.78 is 0.835. The first kappa shape index (κ1) is 13.0. The van der Waals surface area contributed by atoms with Gasteiger partial charge in [0.25, 0.3) is 0 Å². The molecule has 0 bridgehead atoms. The molecule has 7 heteroatoms. The summed E-state index contributed by atoms with van der Waals surface area (Å²) in [5.41, 5.74) is 6.99. The van der Waals surface area contributed by atoms with Gasteiger partial charge in [0.05, 0.1) is 13.1 Å². The van der Waals surface area contributed by atoms with Crippen molar-refractivity contribution >= 4 is 50.6 Å². The lowest BCUT2D eigenvalue weighted by molar-refractivity contribution is -0.130. The molecule has 18 heavy (non-hydrogen) atoms. The maximum atomic E-state index is 11.4. The first-order chi connectivity index (χ1) is 8.47. The molecule has 1 aliphatic rings. The van der Waals surface area contributed by atoms with E-state index < -0.39 is 0 Å². The van der Waals surface area contributed by atoms with Gasteiger partial charge < -0.3 is 10.6 Å². The zero-order valence-electron chi connectivity index (χ0n) is 9.27. The highest BCUT2D eigenvalue weighted by Crippen LogP contribution is 2.25. The molecule has 0 unspecified atom stereocenters. The van der Waals surface area contributed by atoms with Gasteiger partial charge in [-0.1, -0.05) is 28.1 Å². The van der Waals surface area contributed by atoms with Crippen molar-refractivity contribution in [2.45, 2.75) is 0 Å². The van der Waals surface area contributed by atoms with Crippen LogP contribution < -0.4 is 16.0 Å². The molecule has 1 fully saturated rings. The van der Waals surface area contributed by atoms with Crippen molar-refractivity contribution in [1.29, 1.82) is 0 Å². The van der Waals surface area contributed by atoms with Crippen LogP contribution in [-0.4, -0.2) is 29.9 Å². The summed E-state index contributed by atoms with van der Waals surface area (Å²) in [6.45, 7) is 0.228. The third-order valence-electron chi connectivity index (χ3n) is 2.51. The van der Waals surface area contributed by atoms with E-state index in [1.54, 1.807) is 17.0 Å². The van der Waals surface area contributed by atoms with Gasteiger partial charge in [0.2, 0.25) is 11.8 Å². The van der Waals surface area contributed by atoms with Crippen molar-refractivity contribution in [2.24, 2.45) is 5.73 Å². The Morgan fingerprint density at radius 3 is 2.50 bits per heavy atom. The zero-order chi connectivity index (χ0) is 13.3. The lowest BCUT2D eigenvalue weighted by Gasteiger charge is -2.29. The number of nitrogens with zero attached hydrogens (tertiary/aromatic N) is 1. The fraction of sp³-hybridized carbons (Fsp3) is 0.182. The highest BCUT2D eigenvalue weighted by atomic mass is 79.9. The minimum Gasteiger partial charge on any atom is -0.389 e. The monoisotopic (exact) mass is 327 g/mol. The minimum absolute atomic E-state index is 0.114. The SMILES string of the molecule is NC(=S)c1cc(Br)ccc1N1CC(=O)NC(=O)C1. The largest absolute Gasteiger partial charge is 0.389 e. The molecule has 2 rings (SSSR count). The average molecular weight is 328 g/mol. The van der Waals surface area contributed by atoms with Crippen LogP contribution >= 0.6 is 28.1 Å². The van der Waals surface area contributed by atoms with E-state index in [9.17, 15) is 9.59 Å². The minimum atomic E-state index is -0.331. The third-order valence-corrected chi connectivity index (χ3v) is 3.23. The van der Waals surface area contributed by atoms with Crippen LogP contribution in [0.1, 0.15) is 5.56 Å². The Morgan fingerprint density at radius 1 is 1.33 bits per heavy atom. The summed E-state index contributed by atoms with van der Waals surface area (Å²) in [5.74, 6) is -0.661. The van der Waals surface area contributed by atoms with Crippen molar-refractivity contribution in [3.63, 3.8) is 0 Å². The summed E-state index contributed by atoms with van der Waals surface area (Å²) >= 11 is 8.31. The number of hydrogen-bond donors (Lipinski definition) is 2. The van der Waals surface area contributed by atoms with E-state index in [4.69, 9.17) is 18.0 Å². The van der Waals surface area contributed by atoms with Gasteiger partial charge in [-0.15, -0.1) is 0 Å². The van der Waals surface area contributed by atoms with E-state index in [0.29, 0.717) is 11.3 Å². The molecule has 1 heterocycles. The van der Waals surface area contributed by atoms with Crippen LogP contribution in [0.5, 0.6) is 0 Å². The number of carbonyl (C=O) groups excluding carboxylic acids is 2. The molecule has 3 N–H and O–H groups in total. The second kappa shape index (κ2) is 5.03. The van der Waals surface area contributed by atoms with Crippen molar-refractivity contribution in [3.05, 3.63) is 28.2 Å². The predicted molar refractivity (Wildman–Crippen MR) is 75.4 cm³/mol. The molecule has 0 aromatic heterocycles. The topological polar surface area (TPSA) is 75.4 Å². The maximum absolute atomic E-state index is 11.4. The van der Waals surface area contributed by atoms with E-state index in [-0.39, 0.29) is 29.9 Å². The molecule has 94 valence electrons. The number of hydrogen-bond acceptors (Lipinski definition) is 4. The van der Waals surface area contributed by atoms with Gasteiger partial charge in [0, 0.05) is 15.7 Å². The van der Waals surface area contributed by atoms with Crippen LogP contribution in [0.25, 0.3) is 0 Å².